The van der Waals surface area contributed by atoms with E-state index in [1.54, 1.807) is 6.92 Å². The first-order chi connectivity index (χ1) is 10.8. The van der Waals surface area contributed by atoms with Crippen LogP contribution in [0.4, 0.5) is 13.2 Å². The standard InChI is InChI=1S/C14H11F3N2O3S/c1-2-19-10(20)5-9(18-19)11(21)7-3-4-8(14(15,16)17)13-12(7)22-6-23-13/h3-5,20H,2,6H2,1H3. The fourth-order valence-electron chi connectivity index (χ4n) is 2.29. The fraction of sp³-hybridized carbons (Fsp3) is 0.286. The van der Waals surface area contributed by atoms with Crippen molar-refractivity contribution in [3.8, 4) is 11.6 Å². The van der Waals surface area contributed by atoms with Crippen LogP contribution >= 0.6 is 11.8 Å². The van der Waals surface area contributed by atoms with Gasteiger partial charge < -0.3 is 9.84 Å². The number of hydrogen-bond acceptors (Lipinski definition) is 5. The Bertz CT molecular complexity index is 786. The van der Waals surface area contributed by atoms with Crippen molar-refractivity contribution in [1.82, 2.24) is 9.78 Å². The molecule has 2 aromatic rings. The van der Waals surface area contributed by atoms with E-state index in [2.05, 4.69) is 5.10 Å². The number of aromatic nitrogens is 2. The van der Waals surface area contributed by atoms with Crippen LogP contribution < -0.4 is 4.74 Å². The van der Waals surface area contributed by atoms with Gasteiger partial charge in [0.05, 0.1) is 16.0 Å². The summed E-state index contributed by atoms with van der Waals surface area (Å²) in [5.41, 5.74) is -0.876. The zero-order chi connectivity index (χ0) is 16.8. The molecule has 2 heterocycles. The minimum Gasteiger partial charge on any atom is -0.493 e. The fourth-order valence-corrected chi connectivity index (χ4v) is 3.22. The van der Waals surface area contributed by atoms with Crippen LogP contribution in [0.3, 0.4) is 0 Å². The Morgan fingerprint density at radius 3 is 2.83 bits per heavy atom. The van der Waals surface area contributed by atoms with Gasteiger partial charge in [0.2, 0.25) is 11.7 Å². The molecular formula is C14H11F3N2O3S. The number of benzene rings is 1. The van der Waals surface area contributed by atoms with Crippen molar-refractivity contribution in [1.29, 1.82) is 0 Å². The molecule has 1 N–H and O–H groups in total. The van der Waals surface area contributed by atoms with E-state index in [1.807, 2.05) is 0 Å². The summed E-state index contributed by atoms with van der Waals surface area (Å²) in [5, 5.41) is 13.6. The maximum atomic E-state index is 13.0. The van der Waals surface area contributed by atoms with Crippen LogP contribution in [-0.2, 0) is 12.7 Å². The van der Waals surface area contributed by atoms with Crippen LogP contribution in [0.25, 0.3) is 0 Å². The number of carbonyl (C=O) groups excluding carboxylic acids is 1. The molecule has 0 saturated heterocycles. The summed E-state index contributed by atoms with van der Waals surface area (Å²) in [6.45, 7) is 2.09. The van der Waals surface area contributed by atoms with Crippen LogP contribution in [0.15, 0.2) is 23.1 Å². The van der Waals surface area contributed by atoms with E-state index in [-0.39, 0.29) is 33.7 Å². The Balaban J connectivity index is 2.07. The lowest BCUT2D eigenvalue weighted by Crippen LogP contribution is -2.10. The summed E-state index contributed by atoms with van der Waals surface area (Å²) in [6, 6.07) is 3.13. The van der Waals surface area contributed by atoms with Gasteiger partial charge in [0.1, 0.15) is 17.4 Å². The highest BCUT2D eigenvalue weighted by Gasteiger charge is 2.38. The number of ketones is 1. The van der Waals surface area contributed by atoms with E-state index >= 15 is 0 Å². The average Bonchev–Trinajstić information content (AvgIpc) is 3.10. The number of nitrogens with zero attached hydrogens (tertiary/aromatic N) is 2. The second-order valence-electron chi connectivity index (χ2n) is 4.76. The van der Waals surface area contributed by atoms with Gasteiger partial charge in [-0.2, -0.15) is 18.3 Å². The van der Waals surface area contributed by atoms with E-state index in [1.165, 1.54) is 10.7 Å². The third-order valence-corrected chi connectivity index (χ3v) is 4.29. The van der Waals surface area contributed by atoms with Gasteiger partial charge in [-0.1, -0.05) is 11.8 Å². The topological polar surface area (TPSA) is 64.4 Å². The SMILES string of the molecule is CCn1nc(C(=O)c2ccc(C(F)(F)F)c3c2OCS3)cc1O. The molecule has 0 fully saturated rings. The summed E-state index contributed by atoms with van der Waals surface area (Å²) in [4.78, 5) is 12.4. The lowest BCUT2D eigenvalue weighted by atomic mass is 10.0. The predicted octanol–water partition coefficient (Wildman–Crippen LogP) is 3.30. The first kappa shape index (κ1) is 15.7. The Morgan fingerprint density at radius 1 is 1.48 bits per heavy atom. The highest BCUT2D eigenvalue weighted by molar-refractivity contribution is 7.99. The zero-order valence-electron chi connectivity index (χ0n) is 11.8. The summed E-state index contributed by atoms with van der Waals surface area (Å²) in [6.07, 6.45) is -4.52. The molecule has 0 bridgehead atoms. The minimum atomic E-state index is -4.52. The van der Waals surface area contributed by atoms with Crippen molar-refractivity contribution >= 4 is 17.5 Å². The maximum absolute atomic E-state index is 13.0. The first-order valence-electron chi connectivity index (χ1n) is 6.64. The third kappa shape index (κ3) is 2.65. The molecule has 1 aromatic heterocycles. The molecule has 3 rings (SSSR count). The molecule has 0 atom stereocenters. The van der Waals surface area contributed by atoms with Gasteiger partial charge in [0, 0.05) is 12.6 Å². The van der Waals surface area contributed by atoms with Crippen LogP contribution in [0, 0.1) is 0 Å². The Morgan fingerprint density at radius 2 is 2.22 bits per heavy atom. The Labute approximate surface area is 133 Å². The highest BCUT2D eigenvalue weighted by Crippen LogP contribution is 2.47. The van der Waals surface area contributed by atoms with Gasteiger partial charge in [-0.05, 0) is 19.1 Å². The summed E-state index contributed by atoms with van der Waals surface area (Å²) in [5.74, 6) is -0.854. The van der Waals surface area contributed by atoms with E-state index in [0.29, 0.717) is 6.54 Å². The average molecular weight is 344 g/mol. The normalized spacial score (nSPS) is 13.7. The molecule has 23 heavy (non-hydrogen) atoms. The van der Waals surface area contributed by atoms with Gasteiger partial charge in [-0.25, -0.2) is 4.68 Å². The van der Waals surface area contributed by atoms with Gasteiger partial charge in [-0.15, -0.1) is 0 Å². The number of aryl methyl sites for hydroxylation is 1. The molecule has 9 heteroatoms. The van der Waals surface area contributed by atoms with E-state index < -0.39 is 17.5 Å². The van der Waals surface area contributed by atoms with E-state index in [0.717, 1.165) is 23.9 Å². The second kappa shape index (κ2) is 5.48. The molecule has 0 spiro atoms. The summed E-state index contributed by atoms with van der Waals surface area (Å²) in [7, 11) is 0. The van der Waals surface area contributed by atoms with Crippen molar-refractivity contribution in [2.45, 2.75) is 24.5 Å². The molecule has 0 saturated carbocycles. The Kier molecular flexibility index (Phi) is 3.75. The van der Waals surface area contributed by atoms with E-state index in [4.69, 9.17) is 4.74 Å². The molecule has 0 radical (unpaired) electrons. The molecule has 1 aromatic carbocycles. The minimum absolute atomic E-state index is 0.00115. The zero-order valence-corrected chi connectivity index (χ0v) is 12.7. The molecule has 0 aliphatic carbocycles. The first-order valence-corrected chi connectivity index (χ1v) is 7.62. The quantitative estimate of drug-likeness (QED) is 0.866. The Hall–Kier alpha value is -2.16. The van der Waals surface area contributed by atoms with Gasteiger partial charge >= 0.3 is 6.18 Å². The highest BCUT2D eigenvalue weighted by atomic mass is 32.2. The lowest BCUT2D eigenvalue weighted by Gasteiger charge is -2.12. The second-order valence-corrected chi connectivity index (χ2v) is 5.69. The van der Waals surface area contributed by atoms with Gasteiger partial charge in [0.25, 0.3) is 0 Å². The van der Waals surface area contributed by atoms with Crippen molar-refractivity contribution in [3.63, 3.8) is 0 Å². The van der Waals surface area contributed by atoms with Crippen LogP contribution in [0.1, 0.15) is 28.5 Å². The molecule has 122 valence electrons. The molecule has 0 unspecified atom stereocenters. The van der Waals surface area contributed by atoms with Crippen molar-refractivity contribution in [3.05, 3.63) is 35.0 Å². The maximum Gasteiger partial charge on any atom is 0.417 e. The third-order valence-electron chi connectivity index (χ3n) is 3.36. The van der Waals surface area contributed by atoms with Crippen molar-refractivity contribution in [2.24, 2.45) is 0 Å². The monoisotopic (exact) mass is 344 g/mol. The van der Waals surface area contributed by atoms with Crippen LogP contribution in [-0.4, -0.2) is 26.6 Å². The van der Waals surface area contributed by atoms with Crippen molar-refractivity contribution < 1.29 is 27.8 Å². The number of hydrogen-bond donors (Lipinski definition) is 1. The van der Waals surface area contributed by atoms with Crippen LogP contribution in [0.5, 0.6) is 11.6 Å². The number of carbonyl (C=O) groups is 1. The van der Waals surface area contributed by atoms with Crippen LogP contribution in [0.2, 0.25) is 0 Å². The van der Waals surface area contributed by atoms with E-state index in [9.17, 15) is 23.1 Å². The molecule has 1 aliphatic rings. The molecule has 5 nitrogen and oxygen atoms in total. The lowest BCUT2D eigenvalue weighted by molar-refractivity contribution is -0.139. The molecule has 0 amide bonds. The van der Waals surface area contributed by atoms with Gasteiger partial charge in [0.15, 0.2) is 0 Å². The number of thioether (sulfide) groups is 1. The largest absolute Gasteiger partial charge is 0.493 e. The summed E-state index contributed by atoms with van der Waals surface area (Å²) < 4.78 is 45.4. The predicted molar refractivity (Wildman–Crippen MR) is 75.8 cm³/mol. The number of ether oxygens (including phenoxy) is 1. The summed E-state index contributed by atoms with van der Waals surface area (Å²) >= 11 is 0.892. The number of fused-ring (bicyclic) bond motifs is 1. The smallest absolute Gasteiger partial charge is 0.417 e. The molecular weight excluding hydrogens is 333 g/mol. The number of alkyl halides is 3. The van der Waals surface area contributed by atoms with Crippen molar-refractivity contribution in [2.75, 3.05) is 5.94 Å². The number of aromatic hydroxyl groups is 1. The van der Waals surface area contributed by atoms with Gasteiger partial charge in [-0.3, -0.25) is 4.79 Å². The number of rotatable bonds is 3. The molecule has 1 aliphatic heterocycles. The number of halogens is 3.